The summed E-state index contributed by atoms with van der Waals surface area (Å²) >= 11 is 3.50. The second-order valence-electron chi connectivity index (χ2n) is 5.48. The van der Waals surface area contributed by atoms with Crippen molar-refractivity contribution in [3.63, 3.8) is 0 Å². The molecule has 0 aromatic heterocycles. The molecule has 3 heteroatoms. The van der Waals surface area contributed by atoms with Crippen LogP contribution in [-0.4, -0.2) is 12.6 Å². The minimum absolute atomic E-state index is 0.0478. The lowest BCUT2D eigenvalue weighted by Gasteiger charge is -2.36. The Morgan fingerprint density at radius 2 is 1.81 bits per heavy atom. The SMILES string of the molecule is CCN(c1cccc(C)c1)C(c1ccc(Br)cc1)C(C)N. The van der Waals surface area contributed by atoms with Gasteiger partial charge in [0.05, 0.1) is 6.04 Å². The van der Waals surface area contributed by atoms with Crippen LogP contribution < -0.4 is 10.6 Å². The van der Waals surface area contributed by atoms with Crippen LogP contribution in [0.25, 0.3) is 0 Å². The molecule has 0 amide bonds. The maximum absolute atomic E-state index is 6.31. The van der Waals surface area contributed by atoms with Crippen LogP contribution in [0.4, 0.5) is 5.69 Å². The molecular formula is C18H23BrN2. The largest absolute Gasteiger partial charge is 0.363 e. The van der Waals surface area contributed by atoms with Crippen molar-refractivity contribution in [3.8, 4) is 0 Å². The highest BCUT2D eigenvalue weighted by atomic mass is 79.9. The van der Waals surface area contributed by atoms with Crippen LogP contribution in [0.3, 0.4) is 0 Å². The van der Waals surface area contributed by atoms with Gasteiger partial charge in [0.1, 0.15) is 0 Å². The first kappa shape index (κ1) is 16.1. The van der Waals surface area contributed by atoms with Gasteiger partial charge in [-0.15, -0.1) is 0 Å². The number of halogens is 1. The van der Waals surface area contributed by atoms with Crippen molar-refractivity contribution in [2.75, 3.05) is 11.4 Å². The molecule has 0 aliphatic carbocycles. The molecule has 0 fully saturated rings. The topological polar surface area (TPSA) is 29.3 Å². The highest BCUT2D eigenvalue weighted by molar-refractivity contribution is 9.10. The number of nitrogens with zero attached hydrogens (tertiary/aromatic N) is 1. The lowest BCUT2D eigenvalue weighted by Crippen LogP contribution is -2.39. The predicted octanol–water partition coefficient (Wildman–Crippen LogP) is 4.67. The number of likely N-dealkylation sites (N-methyl/N-ethyl adjacent to an activating group) is 1. The van der Waals surface area contributed by atoms with Crippen LogP contribution in [-0.2, 0) is 0 Å². The summed E-state index contributed by atoms with van der Waals surface area (Å²) in [6.45, 7) is 7.30. The van der Waals surface area contributed by atoms with E-state index in [1.807, 2.05) is 0 Å². The molecule has 2 unspecified atom stereocenters. The van der Waals surface area contributed by atoms with Gasteiger partial charge in [-0.3, -0.25) is 0 Å². The number of hydrogen-bond acceptors (Lipinski definition) is 2. The fourth-order valence-electron chi connectivity index (χ4n) is 2.77. The molecule has 0 radical (unpaired) electrons. The van der Waals surface area contributed by atoms with Crippen LogP contribution in [0.15, 0.2) is 53.0 Å². The standard InChI is InChI=1S/C18H23BrN2/c1-4-21(17-7-5-6-13(2)12-17)18(14(3)20)15-8-10-16(19)11-9-15/h5-12,14,18H,4,20H2,1-3H3. The molecule has 2 N–H and O–H groups in total. The van der Waals surface area contributed by atoms with Gasteiger partial charge < -0.3 is 10.6 Å². The molecular weight excluding hydrogens is 324 g/mol. The highest BCUT2D eigenvalue weighted by Gasteiger charge is 2.23. The van der Waals surface area contributed by atoms with E-state index in [1.54, 1.807) is 0 Å². The van der Waals surface area contributed by atoms with E-state index in [1.165, 1.54) is 16.8 Å². The van der Waals surface area contributed by atoms with Crippen molar-refractivity contribution in [3.05, 3.63) is 64.1 Å². The fraction of sp³-hybridized carbons (Fsp3) is 0.333. The van der Waals surface area contributed by atoms with E-state index in [9.17, 15) is 0 Å². The van der Waals surface area contributed by atoms with Crippen molar-refractivity contribution in [2.24, 2.45) is 5.73 Å². The summed E-state index contributed by atoms with van der Waals surface area (Å²) in [7, 11) is 0. The van der Waals surface area contributed by atoms with Gasteiger partial charge in [0.15, 0.2) is 0 Å². The molecule has 0 aliphatic heterocycles. The molecule has 2 atom stereocenters. The Balaban J connectivity index is 2.41. The zero-order valence-corrected chi connectivity index (χ0v) is 14.5. The number of rotatable bonds is 5. The molecule has 0 aliphatic rings. The lowest BCUT2D eigenvalue weighted by atomic mass is 9.98. The molecule has 0 heterocycles. The summed E-state index contributed by atoms with van der Waals surface area (Å²) in [5.41, 5.74) is 10.0. The van der Waals surface area contributed by atoms with Gasteiger partial charge in [0.2, 0.25) is 0 Å². The average Bonchev–Trinajstić information content (AvgIpc) is 2.45. The van der Waals surface area contributed by atoms with Crippen LogP contribution in [0, 0.1) is 6.92 Å². The third-order valence-corrected chi connectivity index (χ3v) is 4.25. The maximum Gasteiger partial charge on any atom is 0.0690 e. The zero-order chi connectivity index (χ0) is 15.4. The molecule has 2 nitrogen and oxygen atoms in total. The summed E-state index contributed by atoms with van der Waals surface area (Å²) in [5.74, 6) is 0. The Morgan fingerprint density at radius 1 is 1.14 bits per heavy atom. The van der Waals surface area contributed by atoms with Crippen molar-refractivity contribution in [1.82, 2.24) is 0 Å². The first-order chi connectivity index (χ1) is 10.0. The lowest BCUT2D eigenvalue weighted by molar-refractivity contribution is 0.537. The summed E-state index contributed by atoms with van der Waals surface area (Å²) in [5, 5.41) is 0. The van der Waals surface area contributed by atoms with Gasteiger partial charge in [0, 0.05) is 22.7 Å². The fourth-order valence-corrected chi connectivity index (χ4v) is 3.04. The normalized spacial score (nSPS) is 13.8. The van der Waals surface area contributed by atoms with Gasteiger partial charge in [-0.1, -0.05) is 40.2 Å². The van der Waals surface area contributed by atoms with Crippen molar-refractivity contribution in [2.45, 2.75) is 32.9 Å². The van der Waals surface area contributed by atoms with E-state index in [4.69, 9.17) is 5.73 Å². The molecule has 2 aromatic carbocycles. The van der Waals surface area contributed by atoms with Gasteiger partial charge in [-0.2, -0.15) is 0 Å². The van der Waals surface area contributed by atoms with Crippen LogP contribution >= 0.6 is 15.9 Å². The Kier molecular flexibility index (Phi) is 5.43. The molecule has 0 spiro atoms. The molecule has 0 saturated heterocycles. The van der Waals surface area contributed by atoms with Crippen molar-refractivity contribution < 1.29 is 0 Å². The number of hydrogen-bond donors (Lipinski definition) is 1. The third-order valence-electron chi connectivity index (χ3n) is 3.72. The summed E-state index contributed by atoms with van der Waals surface area (Å²) in [4.78, 5) is 2.38. The second-order valence-corrected chi connectivity index (χ2v) is 6.40. The van der Waals surface area contributed by atoms with Gasteiger partial charge in [0.25, 0.3) is 0 Å². The predicted molar refractivity (Wildman–Crippen MR) is 94.7 cm³/mol. The Morgan fingerprint density at radius 3 is 2.33 bits per heavy atom. The van der Waals surface area contributed by atoms with E-state index in [0.717, 1.165) is 11.0 Å². The number of benzene rings is 2. The van der Waals surface area contributed by atoms with Gasteiger partial charge in [-0.05, 0) is 56.2 Å². The Labute approximate surface area is 136 Å². The number of aryl methyl sites for hydroxylation is 1. The third kappa shape index (κ3) is 3.86. The number of nitrogens with two attached hydrogens (primary N) is 1. The first-order valence-corrected chi connectivity index (χ1v) is 8.16. The average molecular weight is 347 g/mol. The molecule has 21 heavy (non-hydrogen) atoms. The van der Waals surface area contributed by atoms with Crippen molar-refractivity contribution >= 4 is 21.6 Å². The Hall–Kier alpha value is -1.32. The summed E-state index contributed by atoms with van der Waals surface area (Å²) in [6.07, 6.45) is 0. The highest BCUT2D eigenvalue weighted by Crippen LogP contribution is 2.30. The molecule has 112 valence electrons. The smallest absolute Gasteiger partial charge is 0.0690 e. The first-order valence-electron chi connectivity index (χ1n) is 7.37. The summed E-state index contributed by atoms with van der Waals surface area (Å²) < 4.78 is 1.09. The van der Waals surface area contributed by atoms with Crippen LogP contribution in [0.5, 0.6) is 0 Å². The zero-order valence-electron chi connectivity index (χ0n) is 12.9. The van der Waals surface area contributed by atoms with Gasteiger partial charge >= 0.3 is 0 Å². The molecule has 2 rings (SSSR count). The molecule has 2 aromatic rings. The van der Waals surface area contributed by atoms with E-state index in [0.29, 0.717) is 0 Å². The molecule has 0 saturated carbocycles. The van der Waals surface area contributed by atoms with E-state index in [2.05, 4.69) is 90.1 Å². The minimum atomic E-state index is 0.0478. The maximum atomic E-state index is 6.31. The summed E-state index contributed by atoms with van der Waals surface area (Å²) in [6, 6.07) is 17.3. The van der Waals surface area contributed by atoms with Gasteiger partial charge in [-0.25, -0.2) is 0 Å². The quantitative estimate of drug-likeness (QED) is 0.851. The number of anilines is 1. The minimum Gasteiger partial charge on any atom is -0.363 e. The monoisotopic (exact) mass is 346 g/mol. The van der Waals surface area contributed by atoms with Crippen LogP contribution in [0.1, 0.15) is 31.0 Å². The van der Waals surface area contributed by atoms with Crippen molar-refractivity contribution in [1.29, 1.82) is 0 Å². The second kappa shape index (κ2) is 7.10. The Bertz CT molecular complexity index is 578. The molecule has 0 bridgehead atoms. The van der Waals surface area contributed by atoms with E-state index < -0.39 is 0 Å². The van der Waals surface area contributed by atoms with E-state index >= 15 is 0 Å². The van der Waals surface area contributed by atoms with Crippen LogP contribution in [0.2, 0.25) is 0 Å². The van der Waals surface area contributed by atoms with E-state index in [-0.39, 0.29) is 12.1 Å².